The largest absolute Gasteiger partial charge is 0.497 e. The van der Waals surface area contributed by atoms with Gasteiger partial charge in [-0.1, -0.05) is 29.5 Å². The number of ether oxygens (including phenoxy) is 1. The minimum atomic E-state index is -0.0953. The molecule has 1 unspecified atom stereocenters. The van der Waals surface area contributed by atoms with Crippen LogP contribution in [0.25, 0.3) is 17.1 Å². The number of hydrogen-bond acceptors (Lipinski definition) is 8. The fourth-order valence-corrected chi connectivity index (χ4v) is 4.91. The van der Waals surface area contributed by atoms with Gasteiger partial charge in [0.1, 0.15) is 5.75 Å². The Kier molecular flexibility index (Phi) is 6.53. The standard InChI is InChI=1S/C25H28N6O2S/c1-17-7-11-20(12-8-17)31-24(30-15-5-4-6-16-30)28-29-25(31)34-18(2)22-26-27-23(33-22)19-9-13-21(32-3)14-10-19/h7-14,18H,4-6,15-16H2,1-3H3. The molecule has 9 heteroatoms. The highest BCUT2D eigenvalue weighted by Crippen LogP contribution is 2.37. The van der Waals surface area contributed by atoms with Crippen LogP contribution in [0, 0.1) is 6.92 Å². The van der Waals surface area contributed by atoms with Gasteiger partial charge in [0, 0.05) is 18.7 Å². The van der Waals surface area contributed by atoms with Crippen LogP contribution < -0.4 is 9.64 Å². The van der Waals surface area contributed by atoms with E-state index >= 15 is 0 Å². The fraction of sp³-hybridized carbons (Fsp3) is 0.360. The quantitative estimate of drug-likeness (QED) is 0.324. The average Bonchev–Trinajstić information content (AvgIpc) is 3.53. The van der Waals surface area contributed by atoms with E-state index in [9.17, 15) is 0 Å². The number of methoxy groups -OCH3 is 1. The molecule has 1 aliphatic heterocycles. The number of thioether (sulfide) groups is 1. The molecule has 0 amide bonds. The van der Waals surface area contributed by atoms with Gasteiger partial charge in [0.05, 0.1) is 18.0 Å². The molecule has 8 nitrogen and oxygen atoms in total. The molecule has 0 radical (unpaired) electrons. The Morgan fingerprint density at radius 3 is 2.35 bits per heavy atom. The third-order valence-corrected chi connectivity index (χ3v) is 6.99. The van der Waals surface area contributed by atoms with E-state index in [4.69, 9.17) is 9.15 Å². The third-order valence-electron chi connectivity index (χ3n) is 5.95. The van der Waals surface area contributed by atoms with Gasteiger partial charge in [-0.3, -0.25) is 4.57 Å². The zero-order valence-corrected chi connectivity index (χ0v) is 20.5. The molecule has 4 aromatic rings. The fourth-order valence-electron chi connectivity index (χ4n) is 4.01. The summed E-state index contributed by atoms with van der Waals surface area (Å²) in [7, 11) is 1.64. The lowest BCUT2D eigenvalue weighted by Crippen LogP contribution is -2.31. The average molecular weight is 477 g/mol. The molecule has 0 saturated carbocycles. The van der Waals surface area contributed by atoms with Crippen molar-refractivity contribution in [3.63, 3.8) is 0 Å². The Morgan fingerprint density at radius 1 is 0.912 bits per heavy atom. The van der Waals surface area contributed by atoms with E-state index in [1.807, 2.05) is 31.2 Å². The van der Waals surface area contributed by atoms with Crippen molar-refractivity contribution in [1.29, 1.82) is 0 Å². The van der Waals surface area contributed by atoms with Gasteiger partial charge in [0.15, 0.2) is 5.16 Å². The Bertz CT molecular complexity index is 1230. The zero-order valence-electron chi connectivity index (χ0n) is 19.6. The van der Waals surface area contributed by atoms with Gasteiger partial charge >= 0.3 is 0 Å². The monoisotopic (exact) mass is 476 g/mol. The number of hydrogen-bond donors (Lipinski definition) is 0. The van der Waals surface area contributed by atoms with Gasteiger partial charge in [-0.05, 0) is 69.5 Å². The molecule has 1 aliphatic rings. The Hall–Kier alpha value is -3.33. The van der Waals surface area contributed by atoms with Crippen molar-refractivity contribution in [3.05, 3.63) is 60.0 Å². The van der Waals surface area contributed by atoms with Gasteiger partial charge < -0.3 is 14.1 Å². The molecular weight excluding hydrogens is 448 g/mol. The van der Waals surface area contributed by atoms with Crippen LogP contribution in [0.2, 0.25) is 0 Å². The molecule has 2 aromatic carbocycles. The summed E-state index contributed by atoms with van der Waals surface area (Å²) < 4.78 is 13.4. The molecule has 2 aromatic heterocycles. The highest BCUT2D eigenvalue weighted by Gasteiger charge is 2.25. The maximum absolute atomic E-state index is 6.01. The van der Waals surface area contributed by atoms with Crippen LogP contribution in [-0.4, -0.2) is 45.2 Å². The Balaban J connectivity index is 1.42. The van der Waals surface area contributed by atoms with Crippen LogP contribution in [0.4, 0.5) is 5.95 Å². The molecular formula is C25H28N6O2S. The van der Waals surface area contributed by atoms with Gasteiger partial charge in [0.25, 0.3) is 0 Å². The molecule has 1 saturated heterocycles. The van der Waals surface area contributed by atoms with Gasteiger partial charge in [-0.25, -0.2) is 0 Å². The molecule has 1 atom stereocenters. The molecule has 0 spiro atoms. The first-order valence-corrected chi connectivity index (χ1v) is 12.4. The zero-order chi connectivity index (χ0) is 23.5. The summed E-state index contributed by atoms with van der Waals surface area (Å²) in [5.41, 5.74) is 3.12. The predicted octanol–water partition coefficient (Wildman–Crippen LogP) is 5.48. The molecule has 0 bridgehead atoms. The first-order valence-electron chi connectivity index (χ1n) is 11.5. The highest BCUT2D eigenvalue weighted by molar-refractivity contribution is 7.99. The minimum absolute atomic E-state index is 0.0953. The topological polar surface area (TPSA) is 82.1 Å². The van der Waals surface area contributed by atoms with E-state index in [1.54, 1.807) is 18.9 Å². The van der Waals surface area contributed by atoms with Crippen molar-refractivity contribution in [2.24, 2.45) is 0 Å². The van der Waals surface area contributed by atoms with Crippen LogP contribution >= 0.6 is 11.8 Å². The normalized spacial score (nSPS) is 14.9. The summed E-state index contributed by atoms with van der Waals surface area (Å²) in [5.74, 6) is 2.71. The number of anilines is 1. The lowest BCUT2D eigenvalue weighted by Gasteiger charge is -2.28. The Labute approximate surface area is 203 Å². The minimum Gasteiger partial charge on any atom is -0.497 e. The van der Waals surface area contributed by atoms with E-state index in [2.05, 4.69) is 61.1 Å². The number of rotatable bonds is 7. The lowest BCUT2D eigenvalue weighted by molar-refractivity contribution is 0.415. The third kappa shape index (κ3) is 4.65. The van der Waals surface area contributed by atoms with Crippen LogP contribution in [0.1, 0.15) is 42.9 Å². The van der Waals surface area contributed by atoms with Crippen LogP contribution in [0.5, 0.6) is 5.75 Å². The smallest absolute Gasteiger partial charge is 0.247 e. The van der Waals surface area contributed by atoms with Crippen molar-refractivity contribution >= 4 is 17.7 Å². The Morgan fingerprint density at radius 2 is 1.65 bits per heavy atom. The van der Waals surface area contributed by atoms with E-state index < -0.39 is 0 Å². The molecule has 0 N–H and O–H groups in total. The van der Waals surface area contributed by atoms with Gasteiger partial charge in [-0.15, -0.1) is 20.4 Å². The summed E-state index contributed by atoms with van der Waals surface area (Å²) in [6.45, 7) is 6.14. The lowest BCUT2D eigenvalue weighted by atomic mass is 10.1. The molecule has 34 heavy (non-hydrogen) atoms. The summed E-state index contributed by atoms with van der Waals surface area (Å²) in [4.78, 5) is 2.33. The second kappa shape index (κ2) is 9.89. The summed E-state index contributed by atoms with van der Waals surface area (Å²) >= 11 is 1.57. The van der Waals surface area contributed by atoms with E-state index in [0.717, 1.165) is 41.2 Å². The number of benzene rings is 2. The van der Waals surface area contributed by atoms with Gasteiger partial charge in [-0.2, -0.15) is 0 Å². The second-order valence-corrected chi connectivity index (χ2v) is 9.74. The summed E-state index contributed by atoms with van der Waals surface area (Å²) in [6, 6.07) is 16.1. The SMILES string of the molecule is COc1ccc(-c2nnc(C(C)Sc3nnc(N4CCCCC4)n3-c3ccc(C)cc3)o2)cc1. The predicted molar refractivity (Wildman–Crippen MR) is 133 cm³/mol. The van der Waals surface area contributed by atoms with Crippen molar-refractivity contribution < 1.29 is 9.15 Å². The van der Waals surface area contributed by atoms with Gasteiger partial charge in [0.2, 0.25) is 17.7 Å². The first-order chi connectivity index (χ1) is 16.6. The number of aryl methyl sites for hydroxylation is 1. The number of piperidine rings is 1. The van der Waals surface area contributed by atoms with Crippen LogP contribution in [0.3, 0.4) is 0 Å². The molecule has 1 fully saturated rings. The van der Waals surface area contributed by atoms with Crippen molar-refractivity contribution in [2.75, 3.05) is 25.1 Å². The highest BCUT2D eigenvalue weighted by atomic mass is 32.2. The van der Waals surface area contributed by atoms with Crippen molar-refractivity contribution in [2.45, 2.75) is 43.5 Å². The van der Waals surface area contributed by atoms with E-state index in [-0.39, 0.29) is 5.25 Å². The van der Waals surface area contributed by atoms with E-state index in [1.165, 1.54) is 24.8 Å². The number of nitrogens with zero attached hydrogens (tertiary/aromatic N) is 6. The first kappa shape index (κ1) is 22.5. The van der Waals surface area contributed by atoms with Crippen molar-refractivity contribution in [1.82, 2.24) is 25.0 Å². The summed E-state index contributed by atoms with van der Waals surface area (Å²) in [6.07, 6.45) is 3.62. The maximum atomic E-state index is 6.01. The van der Waals surface area contributed by atoms with Crippen LogP contribution in [0.15, 0.2) is 58.1 Å². The van der Waals surface area contributed by atoms with Crippen molar-refractivity contribution in [3.8, 4) is 22.9 Å². The molecule has 5 rings (SSSR count). The van der Waals surface area contributed by atoms with E-state index in [0.29, 0.717) is 11.8 Å². The number of aromatic nitrogens is 5. The summed E-state index contributed by atoms with van der Waals surface area (Å²) in [5, 5.41) is 18.4. The maximum Gasteiger partial charge on any atom is 0.247 e. The molecule has 3 heterocycles. The van der Waals surface area contributed by atoms with Crippen LogP contribution in [-0.2, 0) is 0 Å². The molecule has 176 valence electrons. The second-order valence-electron chi connectivity index (χ2n) is 8.44. The molecule has 0 aliphatic carbocycles.